The highest BCUT2D eigenvalue weighted by molar-refractivity contribution is 6.13. The molecule has 0 aliphatic carbocycles. The van der Waals surface area contributed by atoms with Gasteiger partial charge in [-0.2, -0.15) is 4.57 Å². The van der Waals surface area contributed by atoms with Gasteiger partial charge in [0.1, 0.15) is 7.05 Å². The number of methoxy groups -OCH3 is 1. The number of rotatable bonds is 3. The molecule has 26 heavy (non-hydrogen) atoms. The number of para-hydroxylation sites is 4. The lowest BCUT2D eigenvalue weighted by Crippen LogP contribution is -2.31. The number of carbonyl (C=O) groups is 1. The minimum absolute atomic E-state index is 0.400. The van der Waals surface area contributed by atoms with Crippen molar-refractivity contribution < 1.29 is 18.8 Å². The number of carbonyl (C=O) groups excluding carboxylic acids is 1. The number of nitrogens with zero attached hydrogens (tertiary/aromatic N) is 1. The van der Waals surface area contributed by atoms with Gasteiger partial charge in [0.15, 0.2) is 11.5 Å². The van der Waals surface area contributed by atoms with Crippen molar-refractivity contribution in [3.8, 4) is 11.5 Å². The van der Waals surface area contributed by atoms with Gasteiger partial charge >= 0.3 is 5.97 Å². The molecule has 0 bridgehead atoms. The lowest BCUT2D eigenvalue weighted by Gasteiger charge is -2.11. The van der Waals surface area contributed by atoms with Crippen molar-refractivity contribution in [2.24, 2.45) is 7.05 Å². The van der Waals surface area contributed by atoms with E-state index in [0.717, 1.165) is 21.8 Å². The summed E-state index contributed by atoms with van der Waals surface area (Å²) in [5, 5.41) is 1.71. The first-order chi connectivity index (χ1) is 12.7. The molecule has 4 nitrogen and oxygen atoms in total. The fourth-order valence-corrected chi connectivity index (χ4v) is 3.30. The molecular weight excluding hydrogens is 326 g/mol. The Labute approximate surface area is 151 Å². The Hall–Kier alpha value is -3.40. The number of aryl methyl sites for hydroxylation is 1. The molecule has 3 aromatic carbocycles. The number of ether oxygens (including phenoxy) is 2. The van der Waals surface area contributed by atoms with Crippen molar-refractivity contribution in [2.45, 2.75) is 0 Å². The minimum atomic E-state index is -0.400. The summed E-state index contributed by atoms with van der Waals surface area (Å²) < 4.78 is 13.1. The molecule has 1 aromatic heterocycles. The van der Waals surface area contributed by atoms with Crippen LogP contribution in [0, 0.1) is 0 Å². The predicted molar refractivity (Wildman–Crippen MR) is 101 cm³/mol. The van der Waals surface area contributed by atoms with E-state index in [2.05, 4.69) is 4.57 Å². The van der Waals surface area contributed by atoms with Gasteiger partial charge in [0, 0.05) is 12.1 Å². The van der Waals surface area contributed by atoms with Gasteiger partial charge < -0.3 is 9.47 Å². The van der Waals surface area contributed by atoms with Crippen LogP contribution < -0.4 is 14.0 Å². The second kappa shape index (κ2) is 6.48. The van der Waals surface area contributed by atoms with Crippen molar-refractivity contribution in [3.05, 3.63) is 78.4 Å². The predicted octanol–water partition coefficient (Wildman–Crippen LogP) is 4.05. The highest BCUT2D eigenvalue weighted by Gasteiger charge is 2.24. The minimum Gasteiger partial charge on any atom is -0.493 e. The Morgan fingerprint density at radius 1 is 0.769 bits per heavy atom. The molecule has 0 aliphatic heterocycles. The third-order valence-electron chi connectivity index (χ3n) is 4.55. The molecule has 128 valence electrons. The summed E-state index contributed by atoms with van der Waals surface area (Å²) in [6.45, 7) is 0. The van der Waals surface area contributed by atoms with E-state index in [4.69, 9.17) is 9.47 Å². The third-order valence-corrected chi connectivity index (χ3v) is 4.55. The van der Waals surface area contributed by atoms with Crippen LogP contribution in [0.15, 0.2) is 72.8 Å². The van der Waals surface area contributed by atoms with E-state index in [9.17, 15) is 4.79 Å². The normalized spacial score (nSPS) is 10.8. The highest BCUT2D eigenvalue weighted by atomic mass is 16.6. The first-order valence-corrected chi connectivity index (χ1v) is 8.35. The van der Waals surface area contributed by atoms with Gasteiger partial charge in [0.25, 0.3) is 0 Å². The molecule has 4 heteroatoms. The molecular formula is C22H18NO3+. The van der Waals surface area contributed by atoms with E-state index in [1.807, 2.05) is 67.7 Å². The standard InChI is InChI=1S/C22H18NO3/c1-23-17-11-5-3-9-15(17)21(16-10-4-6-12-18(16)23)22(24)26-20-14-8-7-13-19(20)25-2/h3-14H,1-2H3/q+1. The monoisotopic (exact) mass is 344 g/mol. The molecule has 0 aliphatic rings. The average Bonchev–Trinajstić information content (AvgIpc) is 2.69. The molecule has 1 heterocycles. The molecule has 0 fully saturated rings. The second-order valence-electron chi connectivity index (χ2n) is 6.01. The molecule has 0 spiro atoms. The molecule has 0 saturated heterocycles. The van der Waals surface area contributed by atoms with Crippen molar-refractivity contribution >= 4 is 27.8 Å². The number of pyridine rings is 1. The smallest absolute Gasteiger partial charge is 0.345 e. The zero-order valence-corrected chi connectivity index (χ0v) is 14.6. The lowest BCUT2D eigenvalue weighted by atomic mass is 10.0. The number of benzene rings is 3. The fourth-order valence-electron chi connectivity index (χ4n) is 3.30. The van der Waals surface area contributed by atoms with Crippen LogP contribution in [0.3, 0.4) is 0 Å². The van der Waals surface area contributed by atoms with Crippen LogP contribution in [0.1, 0.15) is 10.4 Å². The summed E-state index contributed by atoms with van der Waals surface area (Å²) in [5.74, 6) is 0.528. The largest absolute Gasteiger partial charge is 0.493 e. The van der Waals surface area contributed by atoms with Crippen LogP contribution in [0.5, 0.6) is 11.5 Å². The Bertz CT molecular complexity index is 1080. The van der Waals surface area contributed by atoms with Crippen molar-refractivity contribution in [1.82, 2.24) is 0 Å². The van der Waals surface area contributed by atoms with E-state index in [0.29, 0.717) is 17.1 Å². The topological polar surface area (TPSA) is 39.4 Å². The maximum atomic E-state index is 13.1. The number of aromatic nitrogens is 1. The van der Waals surface area contributed by atoms with E-state index < -0.39 is 5.97 Å². The number of esters is 1. The average molecular weight is 344 g/mol. The van der Waals surface area contributed by atoms with E-state index >= 15 is 0 Å². The summed E-state index contributed by atoms with van der Waals surface area (Å²) in [4.78, 5) is 13.1. The fraction of sp³-hybridized carbons (Fsp3) is 0.0909. The molecule has 0 atom stereocenters. The highest BCUT2D eigenvalue weighted by Crippen LogP contribution is 2.30. The van der Waals surface area contributed by atoms with Gasteiger partial charge in [-0.05, 0) is 24.3 Å². The summed E-state index contributed by atoms with van der Waals surface area (Å²) in [5.41, 5.74) is 2.50. The van der Waals surface area contributed by atoms with Crippen LogP contribution >= 0.6 is 0 Å². The molecule has 0 saturated carbocycles. The number of hydrogen-bond donors (Lipinski definition) is 0. The molecule has 4 aromatic rings. The van der Waals surface area contributed by atoms with Gasteiger partial charge in [-0.1, -0.05) is 36.4 Å². The van der Waals surface area contributed by atoms with Crippen LogP contribution in [-0.2, 0) is 7.05 Å². The lowest BCUT2D eigenvalue weighted by molar-refractivity contribution is -0.617. The Kier molecular flexibility index (Phi) is 4.01. The maximum absolute atomic E-state index is 13.1. The first-order valence-electron chi connectivity index (χ1n) is 8.35. The first kappa shape index (κ1) is 16.1. The summed E-state index contributed by atoms with van der Waals surface area (Å²) in [6, 6.07) is 22.8. The Morgan fingerprint density at radius 3 is 1.85 bits per heavy atom. The maximum Gasteiger partial charge on any atom is 0.345 e. The van der Waals surface area contributed by atoms with Gasteiger partial charge in [-0.15, -0.1) is 0 Å². The summed E-state index contributed by atoms with van der Waals surface area (Å²) in [6.07, 6.45) is 0. The SMILES string of the molecule is COc1ccccc1OC(=O)c1c2ccccc2[n+](C)c2ccccc12. The molecule has 0 amide bonds. The molecule has 0 N–H and O–H groups in total. The van der Waals surface area contributed by atoms with Crippen LogP contribution in [0.25, 0.3) is 21.8 Å². The van der Waals surface area contributed by atoms with E-state index in [-0.39, 0.29) is 0 Å². The van der Waals surface area contributed by atoms with Gasteiger partial charge in [0.2, 0.25) is 11.0 Å². The molecule has 4 rings (SSSR count). The van der Waals surface area contributed by atoms with Crippen LogP contribution in [0.4, 0.5) is 0 Å². The van der Waals surface area contributed by atoms with Crippen molar-refractivity contribution in [3.63, 3.8) is 0 Å². The van der Waals surface area contributed by atoms with E-state index in [1.54, 1.807) is 19.2 Å². The number of hydrogen-bond acceptors (Lipinski definition) is 3. The van der Waals surface area contributed by atoms with Crippen molar-refractivity contribution in [1.29, 1.82) is 0 Å². The van der Waals surface area contributed by atoms with Gasteiger partial charge in [-0.25, -0.2) is 4.79 Å². The van der Waals surface area contributed by atoms with E-state index in [1.165, 1.54) is 0 Å². The second-order valence-corrected chi connectivity index (χ2v) is 6.01. The Morgan fingerprint density at radius 2 is 1.27 bits per heavy atom. The molecule has 0 radical (unpaired) electrons. The van der Waals surface area contributed by atoms with Gasteiger partial charge in [-0.3, -0.25) is 0 Å². The van der Waals surface area contributed by atoms with Crippen LogP contribution in [-0.4, -0.2) is 13.1 Å². The summed E-state index contributed by atoms with van der Waals surface area (Å²) >= 11 is 0. The Balaban J connectivity index is 1.94. The zero-order valence-electron chi connectivity index (χ0n) is 14.6. The molecule has 0 unspecified atom stereocenters. The van der Waals surface area contributed by atoms with Crippen molar-refractivity contribution in [2.75, 3.05) is 7.11 Å². The third kappa shape index (κ3) is 2.56. The summed E-state index contributed by atoms with van der Waals surface area (Å²) in [7, 11) is 3.56. The quantitative estimate of drug-likeness (QED) is 0.244. The number of fused-ring (bicyclic) bond motifs is 2. The van der Waals surface area contributed by atoms with Gasteiger partial charge in [0.05, 0.1) is 23.4 Å². The van der Waals surface area contributed by atoms with Crippen LogP contribution in [0.2, 0.25) is 0 Å². The zero-order chi connectivity index (χ0) is 18.1.